The highest BCUT2D eigenvalue weighted by atomic mass is 35.5. The zero-order chi connectivity index (χ0) is 12.3. The van der Waals surface area contributed by atoms with E-state index in [0.29, 0.717) is 23.3 Å². The van der Waals surface area contributed by atoms with Crippen LogP contribution in [-0.4, -0.2) is 9.97 Å². The minimum atomic E-state index is -0.241. The lowest BCUT2D eigenvalue weighted by Crippen LogP contribution is -2.03. The first-order valence-corrected chi connectivity index (χ1v) is 5.51. The lowest BCUT2D eigenvalue weighted by Gasteiger charge is -2.06. The van der Waals surface area contributed by atoms with Gasteiger partial charge in [0.2, 0.25) is 0 Å². The van der Waals surface area contributed by atoms with Gasteiger partial charge < -0.3 is 5.32 Å². The molecule has 0 saturated heterocycles. The molecule has 0 radical (unpaired) electrons. The average molecular weight is 252 g/mol. The molecule has 0 bridgehead atoms. The smallest absolute Gasteiger partial charge is 0.134 e. The van der Waals surface area contributed by atoms with Crippen LogP contribution in [0.4, 0.5) is 10.2 Å². The molecule has 0 atom stereocenters. The van der Waals surface area contributed by atoms with Crippen molar-refractivity contribution in [1.29, 1.82) is 0 Å². The van der Waals surface area contributed by atoms with E-state index in [4.69, 9.17) is 11.6 Å². The first kappa shape index (κ1) is 11.8. The van der Waals surface area contributed by atoms with Gasteiger partial charge in [-0.05, 0) is 24.6 Å². The molecule has 1 heterocycles. The van der Waals surface area contributed by atoms with Gasteiger partial charge in [-0.3, -0.25) is 0 Å². The molecule has 3 nitrogen and oxygen atoms in total. The maximum Gasteiger partial charge on any atom is 0.134 e. The Morgan fingerprint density at radius 3 is 2.59 bits per heavy atom. The highest BCUT2D eigenvalue weighted by Gasteiger charge is 2.00. The van der Waals surface area contributed by atoms with Crippen LogP contribution < -0.4 is 5.32 Å². The zero-order valence-electron chi connectivity index (χ0n) is 9.24. The second kappa shape index (κ2) is 5.10. The van der Waals surface area contributed by atoms with Crippen LogP contribution in [-0.2, 0) is 6.54 Å². The van der Waals surface area contributed by atoms with Gasteiger partial charge in [-0.15, -0.1) is 0 Å². The number of hydrogen-bond acceptors (Lipinski definition) is 3. The predicted molar refractivity (Wildman–Crippen MR) is 65.5 cm³/mol. The zero-order valence-corrected chi connectivity index (χ0v) is 10.0. The molecule has 88 valence electrons. The minimum Gasteiger partial charge on any atom is -0.366 e. The number of nitrogens with zero attached hydrogens (tertiary/aromatic N) is 2. The van der Waals surface area contributed by atoms with Crippen LogP contribution in [0.3, 0.4) is 0 Å². The van der Waals surface area contributed by atoms with Crippen molar-refractivity contribution in [3.8, 4) is 0 Å². The van der Waals surface area contributed by atoms with Crippen LogP contribution in [0.5, 0.6) is 0 Å². The summed E-state index contributed by atoms with van der Waals surface area (Å²) in [4.78, 5) is 8.15. The summed E-state index contributed by atoms with van der Waals surface area (Å²) in [5.41, 5.74) is 0.971. The van der Waals surface area contributed by atoms with Gasteiger partial charge in [-0.25, -0.2) is 14.4 Å². The van der Waals surface area contributed by atoms with Gasteiger partial charge in [0.15, 0.2) is 0 Å². The van der Waals surface area contributed by atoms with Crippen LogP contribution in [0.15, 0.2) is 30.3 Å². The molecular weight excluding hydrogens is 241 g/mol. The Labute approximate surface area is 104 Å². The third kappa shape index (κ3) is 3.39. The number of nitrogens with one attached hydrogen (secondary N) is 1. The Morgan fingerprint density at radius 2 is 1.94 bits per heavy atom. The van der Waals surface area contributed by atoms with Crippen molar-refractivity contribution in [2.45, 2.75) is 13.5 Å². The van der Waals surface area contributed by atoms with E-state index in [2.05, 4.69) is 15.3 Å². The Morgan fingerprint density at radius 1 is 1.24 bits per heavy atom. The Hall–Kier alpha value is -1.68. The van der Waals surface area contributed by atoms with Crippen molar-refractivity contribution in [2.24, 2.45) is 0 Å². The summed E-state index contributed by atoms with van der Waals surface area (Å²) in [6.07, 6.45) is 0. The molecular formula is C12H11ClFN3. The second-order valence-electron chi connectivity index (χ2n) is 3.60. The van der Waals surface area contributed by atoms with E-state index in [1.807, 2.05) is 0 Å². The van der Waals surface area contributed by atoms with Crippen molar-refractivity contribution in [2.75, 3.05) is 5.32 Å². The van der Waals surface area contributed by atoms with E-state index in [-0.39, 0.29) is 5.82 Å². The van der Waals surface area contributed by atoms with Crippen molar-refractivity contribution in [1.82, 2.24) is 9.97 Å². The number of aromatic nitrogens is 2. The third-order valence-electron chi connectivity index (χ3n) is 2.19. The summed E-state index contributed by atoms with van der Waals surface area (Å²) < 4.78 is 12.7. The van der Waals surface area contributed by atoms with E-state index >= 15 is 0 Å². The summed E-state index contributed by atoms with van der Waals surface area (Å²) >= 11 is 5.81. The van der Waals surface area contributed by atoms with Gasteiger partial charge in [0.1, 0.15) is 22.6 Å². The predicted octanol–water partition coefficient (Wildman–Crippen LogP) is 3.19. The van der Waals surface area contributed by atoms with Crippen LogP contribution in [0, 0.1) is 12.7 Å². The van der Waals surface area contributed by atoms with Gasteiger partial charge in [0, 0.05) is 12.6 Å². The Balaban J connectivity index is 2.04. The maximum absolute atomic E-state index is 12.7. The average Bonchev–Trinajstić information content (AvgIpc) is 2.27. The van der Waals surface area contributed by atoms with Crippen molar-refractivity contribution in [3.63, 3.8) is 0 Å². The fourth-order valence-electron chi connectivity index (χ4n) is 1.42. The fourth-order valence-corrected chi connectivity index (χ4v) is 1.64. The van der Waals surface area contributed by atoms with Crippen LogP contribution in [0.1, 0.15) is 11.4 Å². The minimum absolute atomic E-state index is 0.241. The molecule has 1 N–H and O–H groups in total. The van der Waals surface area contributed by atoms with Gasteiger partial charge >= 0.3 is 0 Å². The SMILES string of the molecule is Cc1nc(Cl)cc(NCc2ccc(F)cc2)n1. The van der Waals surface area contributed by atoms with E-state index in [9.17, 15) is 4.39 Å². The van der Waals surface area contributed by atoms with Gasteiger partial charge in [0.25, 0.3) is 0 Å². The lowest BCUT2D eigenvalue weighted by molar-refractivity contribution is 0.627. The van der Waals surface area contributed by atoms with Crippen molar-refractivity contribution >= 4 is 17.4 Å². The number of rotatable bonds is 3. The molecule has 0 aliphatic heterocycles. The van der Waals surface area contributed by atoms with Gasteiger partial charge in [-0.2, -0.15) is 0 Å². The van der Waals surface area contributed by atoms with E-state index in [1.54, 1.807) is 25.1 Å². The molecule has 0 amide bonds. The molecule has 0 saturated carbocycles. The van der Waals surface area contributed by atoms with Gasteiger partial charge in [-0.1, -0.05) is 23.7 Å². The quantitative estimate of drug-likeness (QED) is 0.852. The number of benzene rings is 1. The molecule has 1 aromatic carbocycles. The van der Waals surface area contributed by atoms with Crippen molar-refractivity contribution < 1.29 is 4.39 Å². The highest BCUT2D eigenvalue weighted by molar-refractivity contribution is 6.29. The van der Waals surface area contributed by atoms with Crippen LogP contribution in [0.25, 0.3) is 0 Å². The highest BCUT2D eigenvalue weighted by Crippen LogP contribution is 2.12. The van der Waals surface area contributed by atoms with Crippen LogP contribution in [0.2, 0.25) is 5.15 Å². The van der Waals surface area contributed by atoms with E-state index in [1.165, 1.54) is 12.1 Å². The molecule has 0 fully saturated rings. The number of hydrogen-bond donors (Lipinski definition) is 1. The van der Waals surface area contributed by atoms with Gasteiger partial charge in [0.05, 0.1) is 0 Å². The summed E-state index contributed by atoms with van der Waals surface area (Å²) in [5.74, 6) is 1.03. The fraction of sp³-hybridized carbons (Fsp3) is 0.167. The molecule has 17 heavy (non-hydrogen) atoms. The molecule has 2 aromatic rings. The molecule has 0 spiro atoms. The summed E-state index contributed by atoms with van der Waals surface area (Å²) in [7, 11) is 0. The molecule has 0 aliphatic carbocycles. The molecule has 0 aliphatic rings. The number of anilines is 1. The van der Waals surface area contributed by atoms with Crippen molar-refractivity contribution in [3.05, 3.63) is 52.7 Å². The maximum atomic E-state index is 12.7. The number of aryl methyl sites for hydroxylation is 1. The molecule has 1 aromatic heterocycles. The topological polar surface area (TPSA) is 37.8 Å². The van der Waals surface area contributed by atoms with E-state index in [0.717, 1.165) is 5.56 Å². The number of halogens is 2. The third-order valence-corrected chi connectivity index (χ3v) is 2.39. The lowest BCUT2D eigenvalue weighted by atomic mass is 10.2. The monoisotopic (exact) mass is 251 g/mol. The Bertz CT molecular complexity index is 493. The first-order chi connectivity index (χ1) is 8.13. The largest absolute Gasteiger partial charge is 0.366 e. The first-order valence-electron chi connectivity index (χ1n) is 5.13. The standard InChI is InChI=1S/C12H11ClFN3/c1-8-16-11(13)6-12(17-8)15-7-9-2-4-10(14)5-3-9/h2-6H,7H2,1H3,(H,15,16,17). The summed E-state index contributed by atoms with van der Waals surface area (Å²) in [5, 5.41) is 3.51. The summed E-state index contributed by atoms with van der Waals surface area (Å²) in [6.45, 7) is 2.34. The van der Waals surface area contributed by atoms with Crippen LogP contribution >= 0.6 is 11.6 Å². The Kier molecular flexibility index (Phi) is 3.54. The second-order valence-corrected chi connectivity index (χ2v) is 3.99. The molecule has 0 unspecified atom stereocenters. The summed E-state index contributed by atoms with van der Waals surface area (Å²) in [6, 6.07) is 7.94. The normalized spacial score (nSPS) is 10.3. The van der Waals surface area contributed by atoms with E-state index < -0.39 is 0 Å². The molecule has 5 heteroatoms. The molecule has 2 rings (SSSR count).